The number of aliphatic hydroxyl groups is 1. The molecule has 0 radical (unpaired) electrons. The molecular weight excluding hydrogens is 464 g/mol. The summed E-state index contributed by atoms with van der Waals surface area (Å²) in [5, 5.41) is 8.79. The van der Waals surface area contributed by atoms with Crippen molar-refractivity contribution in [1.29, 1.82) is 0 Å². The van der Waals surface area contributed by atoms with Crippen LogP contribution in [0.4, 0.5) is 0 Å². The number of thioether (sulfide) groups is 1. The maximum Gasteiger partial charge on any atom is 0.122 e. The minimum Gasteiger partial charge on any atom is -0.496 e. The second kappa shape index (κ2) is 12.7. The predicted molar refractivity (Wildman–Crippen MR) is 126 cm³/mol. The van der Waals surface area contributed by atoms with Gasteiger partial charge in [-0.25, -0.2) is 0 Å². The van der Waals surface area contributed by atoms with Crippen molar-refractivity contribution in [1.82, 2.24) is 9.80 Å². The monoisotopic (exact) mass is 494 g/mol. The highest BCUT2D eigenvalue weighted by atomic mass is 79.9. The molecule has 0 atom stereocenters. The minimum absolute atomic E-state index is 0.0968. The van der Waals surface area contributed by atoms with Crippen LogP contribution in [0, 0.1) is 0 Å². The van der Waals surface area contributed by atoms with E-state index in [1.165, 1.54) is 16.0 Å². The molecule has 7 heteroatoms. The molecule has 164 valence electrons. The van der Waals surface area contributed by atoms with Gasteiger partial charge in [-0.1, -0.05) is 34.1 Å². The van der Waals surface area contributed by atoms with E-state index in [1.54, 1.807) is 7.11 Å². The zero-order chi connectivity index (χ0) is 21.2. The van der Waals surface area contributed by atoms with Gasteiger partial charge in [0.25, 0.3) is 0 Å². The first-order chi connectivity index (χ1) is 14.7. The number of ether oxygens (including phenoxy) is 2. The molecule has 1 N–H and O–H groups in total. The molecule has 0 aromatic heterocycles. The van der Waals surface area contributed by atoms with Crippen molar-refractivity contribution >= 4 is 27.7 Å². The Hall–Kier alpha value is -1.09. The van der Waals surface area contributed by atoms with E-state index < -0.39 is 0 Å². The van der Waals surface area contributed by atoms with E-state index in [1.807, 2.05) is 23.9 Å². The molecule has 5 nitrogen and oxygen atoms in total. The Balaban J connectivity index is 1.52. The summed E-state index contributed by atoms with van der Waals surface area (Å²) in [6.07, 6.45) is 0. The topological polar surface area (TPSA) is 45.2 Å². The van der Waals surface area contributed by atoms with Crippen molar-refractivity contribution in [3.05, 3.63) is 58.1 Å². The van der Waals surface area contributed by atoms with E-state index in [0.29, 0.717) is 13.2 Å². The molecule has 1 aliphatic heterocycles. The molecule has 2 aromatic carbocycles. The largest absolute Gasteiger partial charge is 0.496 e. The lowest BCUT2D eigenvalue weighted by Crippen LogP contribution is -2.46. The molecule has 3 rings (SSSR count). The molecule has 30 heavy (non-hydrogen) atoms. The van der Waals surface area contributed by atoms with Gasteiger partial charge in [0, 0.05) is 60.0 Å². The van der Waals surface area contributed by atoms with E-state index in [-0.39, 0.29) is 6.61 Å². The Morgan fingerprint density at radius 1 is 1.00 bits per heavy atom. The summed E-state index contributed by atoms with van der Waals surface area (Å²) in [4.78, 5) is 6.30. The van der Waals surface area contributed by atoms with Crippen molar-refractivity contribution in [2.45, 2.75) is 17.2 Å². The van der Waals surface area contributed by atoms with Gasteiger partial charge in [0.1, 0.15) is 5.75 Å². The summed E-state index contributed by atoms with van der Waals surface area (Å²) >= 11 is 5.43. The summed E-state index contributed by atoms with van der Waals surface area (Å²) in [6, 6.07) is 14.9. The van der Waals surface area contributed by atoms with Crippen LogP contribution < -0.4 is 4.74 Å². The average Bonchev–Trinajstić information content (AvgIpc) is 2.77. The first-order valence-electron chi connectivity index (χ1n) is 10.4. The van der Waals surface area contributed by atoms with Crippen LogP contribution in [0.5, 0.6) is 5.75 Å². The maximum atomic E-state index is 8.79. The molecule has 0 saturated carbocycles. The number of methoxy groups -OCH3 is 1. The highest BCUT2D eigenvalue weighted by molar-refractivity contribution is 9.10. The van der Waals surface area contributed by atoms with E-state index >= 15 is 0 Å². The molecule has 0 spiro atoms. The number of hydrogen-bond acceptors (Lipinski definition) is 6. The molecule has 0 unspecified atom stereocenters. The Morgan fingerprint density at radius 2 is 1.77 bits per heavy atom. The molecule has 1 aliphatic rings. The summed E-state index contributed by atoms with van der Waals surface area (Å²) < 4.78 is 12.0. The standard InChI is InChI=1S/C23H31BrN2O3S/c1-28-22-7-6-21(24)16-20(22)18-30-23-5-3-2-4-19(23)17-26-10-8-25(9-11-26)12-14-29-15-13-27/h2-7,16,27H,8-15,17-18H2,1H3. The van der Waals surface area contributed by atoms with Crippen LogP contribution in [0.1, 0.15) is 11.1 Å². The lowest BCUT2D eigenvalue weighted by molar-refractivity contribution is 0.0562. The van der Waals surface area contributed by atoms with Crippen molar-refractivity contribution in [2.75, 3.05) is 59.7 Å². The number of halogens is 1. The molecule has 2 aromatic rings. The average molecular weight is 495 g/mol. The van der Waals surface area contributed by atoms with E-state index in [2.05, 4.69) is 56.1 Å². The highest BCUT2D eigenvalue weighted by Crippen LogP contribution is 2.32. The molecule has 0 amide bonds. The zero-order valence-corrected chi connectivity index (χ0v) is 20.0. The normalized spacial score (nSPS) is 15.4. The van der Waals surface area contributed by atoms with Gasteiger partial charge in [-0.3, -0.25) is 9.80 Å². The van der Waals surface area contributed by atoms with Crippen LogP contribution in [-0.2, 0) is 17.0 Å². The van der Waals surface area contributed by atoms with Gasteiger partial charge in [0.2, 0.25) is 0 Å². The third-order valence-electron chi connectivity index (χ3n) is 5.24. The summed E-state index contributed by atoms with van der Waals surface area (Å²) in [5.74, 6) is 1.81. The Kier molecular flexibility index (Phi) is 9.97. The van der Waals surface area contributed by atoms with Gasteiger partial charge in [-0.15, -0.1) is 11.8 Å². The van der Waals surface area contributed by atoms with Crippen molar-refractivity contribution < 1.29 is 14.6 Å². The van der Waals surface area contributed by atoms with Crippen LogP contribution in [0.15, 0.2) is 51.8 Å². The zero-order valence-electron chi connectivity index (χ0n) is 17.6. The van der Waals surface area contributed by atoms with Crippen molar-refractivity contribution in [3.63, 3.8) is 0 Å². The summed E-state index contributed by atoms with van der Waals surface area (Å²) in [5.41, 5.74) is 2.58. The fourth-order valence-electron chi connectivity index (χ4n) is 3.56. The smallest absolute Gasteiger partial charge is 0.122 e. The third kappa shape index (κ3) is 7.25. The van der Waals surface area contributed by atoms with Gasteiger partial charge in [0.05, 0.1) is 26.9 Å². The molecular formula is C23H31BrN2O3S. The van der Waals surface area contributed by atoms with E-state index in [9.17, 15) is 0 Å². The number of rotatable bonds is 11. The van der Waals surface area contributed by atoms with Gasteiger partial charge < -0.3 is 14.6 Å². The number of nitrogens with zero attached hydrogens (tertiary/aromatic N) is 2. The summed E-state index contributed by atoms with van der Waals surface area (Å²) in [7, 11) is 1.73. The van der Waals surface area contributed by atoms with Crippen LogP contribution in [-0.4, -0.2) is 74.6 Å². The van der Waals surface area contributed by atoms with Crippen LogP contribution in [0.25, 0.3) is 0 Å². The quantitative estimate of drug-likeness (QED) is 0.377. The van der Waals surface area contributed by atoms with Crippen molar-refractivity contribution in [2.24, 2.45) is 0 Å². The molecule has 1 fully saturated rings. The maximum absolute atomic E-state index is 8.79. The highest BCUT2D eigenvalue weighted by Gasteiger charge is 2.18. The van der Waals surface area contributed by atoms with E-state index in [0.717, 1.165) is 55.2 Å². The van der Waals surface area contributed by atoms with Crippen LogP contribution >= 0.6 is 27.7 Å². The second-order valence-electron chi connectivity index (χ2n) is 7.31. The Labute approximate surface area is 192 Å². The second-order valence-corrected chi connectivity index (χ2v) is 9.24. The van der Waals surface area contributed by atoms with Crippen LogP contribution in [0.3, 0.4) is 0 Å². The summed E-state index contributed by atoms with van der Waals surface area (Å²) in [6.45, 7) is 7.40. The van der Waals surface area contributed by atoms with Gasteiger partial charge in [-0.2, -0.15) is 0 Å². The lowest BCUT2D eigenvalue weighted by atomic mass is 10.2. The number of aliphatic hydroxyl groups excluding tert-OH is 1. The Morgan fingerprint density at radius 3 is 2.53 bits per heavy atom. The molecule has 1 heterocycles. The molecule has 0 bridgehead atoms. The molecule has 1 saturated heterocycles. The third-order valence-corrected chi connectivity index (χ3v) is 6.90. The SMILES string of the molecule is COc1ccc(Br)cc1CSc1ccccc1CN1CCN(CCOCCO)CC1. The fourth-order valence-corrected chi connectivity index (χ4v) is 5.00. The van der Waals surface area contributed by atoms with E-state index in [4.69, 9.17) is 14.6 Å². The number of piperazine rings is 1. The first kappa shape index (κ1) is 23.6. The fraction of sp³-hybridized carbons (Fsp3) is 0.478. The number of hydrogen-bond donors (Lipinski definition) is 1. The van der Waals surface area contributed by atoms with Crippen molar-refractivity contribution in [3.8, 4) is 5.75 Å². The predicted octanol–water partition coefficient (Wildman–Crippen LogP) is 3.88. The van der Waals surface area contributed by atoms with Gasteiger partial charge in [-0.05, 0) is 29.8 Å². The lowest BCUT2D eigenvalue weighted by Gasteiger charge is -2.34. The van der Waals surface area contributed by atoms with Gasteiger partial charge >= 0.3 is 0 Å². The first-order valence-corrected chi connectivity index (χ1v) is 12.1. The van der Waals surface area contributed by atoms with Crippen LogP contribution in [0.2, 0.25) is 0 Å². The minimum atomic E-state index is 0.0968. The Bertz CT molecular complexity index is 785. The van der Waals surface area contributed by atoms with Gasteiger partial charge in [0.15, 0.2) is 0 Å². The number of benzene rings is 2. The molecule has 0 aliphatic carbocycles.